The predicted molar refractivity (Wildman–Crippen MR) is 79.2 cm³/mol. The highest BCUT2D eigenvalue weighted by molar-refractivity contribution is 7.98. The molecule has 0 aliphatic heterocycles. The lowest BCUT2D eigenvalue weighted by Gasteiger charge is -2.14. The molecule has 1 heterocycles. The van der Waals surface area contributed by atoms with Gasteiger partial charge < -0.3 is 5.32 Å². The summed E-state index contributed by atoms with van der Waals surface area (Å²) in [6.45, 7) is 3.18. The van der Waals surface area contributed by atoms with Gasteiger partial charge in [-0.05, 0) is 24.9 Å². The topological polar surface area (TPSA) is 24.9 Å². The van der Waals surface area contributed by atoms with E-state index in [1.54, 1.807) is 0 Å². The molecule has 92 valence electrons. The van der Waals surface area contributed by atoms with E-state index in [1.165, 1.54) is 9.71 Å². The van der Waals surface area contributed by atoms with E-state index in [1.807, 2.05) is 23.1 Å². The zero-order chi connectivity index (χ0) is 12.1. The molecule has 0 bridgehead atoms. The summed E-state index contributed by atoms with van der Waals surface area (Å²) in [7, 11) is 0. The molecule has 0 spiro atoms. The first kappa shape index (κ1) is 12.9. The monoisotopic (exact) mass is 266 g/mol. The molecule has 0 radical (unpaired) electrons. The average Bonchev–Trinajstić information content (AvgIpc) is 2.71. The molecule has 0 fully saturated rings. The van der Waals surface area contributed by atoms with Crippen molar-refractivity contribution in [1.82, 2.24) is 10.3 Å². The molecule has 0 amide bonds. The van der Waals surface area contributed by atoms with Crippen molar-refractivity contribution in [2.24, 2.45) is 0 Å². The lowest BCUT2D eigenvalue weighted by Crippen LogP contribution is -2.33. The van der Waals surface area contributed by atoms with Gasteiger partial charge >= 0.3 is 0 Å². The molecular weight excluding hydrogens is 248 g/mol. The molecule has 2 nitrogen and oxygen atoms in total. The van der Waals surface area contributed by atoms with E-state index >= 15 is 0 Å². The van der Waals surface area contributed by atoms with Crippen molar-refractivity contribution in [3.8, 4) is 0 Å². The predicted octanol–water partition coefficient (Wildman–Crippen LogP) is 3.18. The van der Waals surface area contributed by atoms with Crippen LogP contribution in [-0.4, -0.2) is 29.6 Å². The maximum atomic E-state index is 4.69. The molecule has 1 aromatic heterocycles. The van der Waals surface area contributed by atoms with Crippen LogP contribution in [0.2, 0.25) is 0 Å². The fourth-order valence-corrected chi connectivity index (χ4v) is 3.58. The second-order valence-corrected chi connectivity index (χ2v) is 6.02. The summed E-state index contributed by atoms with van der Waals surface area (Å²) in [5.41, 5.74) is 1.13. The van der Waals surface area contributed by atoms with Crippen molar-refractivity contribution >= 4 is 33.3 Å². The van der Waals surface area contributed by atoms with Crippen molar-refractivity contribution in [2.75, 3.05) is 18.6 Å². The Morgan fingerprint density at radius 2 is 2.24 bits per heavy atom. The Labute approximate surface area is 111 Å². The third-order valence-electron chi connectivity index (χ3n) is 2.62. The van der Waals surface area contributed by atoms with Crippen LogP contribution in [0.3, 0.4) is 0 Å². The van der Waals surface area contributed by atoms with Crippen molar-refractivity contribution in [3.63, 3.8) is 0 Å². The Bertz CT molecular complexity index is 428. The number of nitrogens with one attached hydrogen (secondary N) is 1. The van der Waals surface area contributed by atoms with Crippen molar-refractivity contribution in [2.45, 2.75) is 19.4 Å². The van der Waals surface area contributed by atoms with Crippen LogP contribution < -0.4 is 5.32 Å². The zero-order valence-corrected chi connectivity index (χ0v) is 11.9. The molecule has 17 heavy (non-hydrogen) atoms. The summed E-state index contributed by atoms with van der Waals surface area (Å²) in [5, 5.41) is 4.76. The minimum absolute atomic E-state index is 0.538. The van der Waals surface area contributed by atoms with Gasteiger partial charge in [0.2, 0.25) is 0 Å². The van der Waals surface area contributed by atoms with Crippen molar-refractivity contribution in [3.05, 3.63) is 29.3 Å². The number of rotatable bonds is 6. The first-order chi connectivity index (χ1) is 8.33. The number of nitrogens with zero attached hydrogens (tertiary/aromatic N) is 1. The molecule has 1 aromatic carbocycles. The van der Waals surface area contributed by atoms with Crippen molar-refractivity contribution in [1.29, 1.82) is 0 Å². The van der Waals surface area contributed by atoms with Crippen LogP contribution in [0.4, 0.5) is 0 Å². The van der Waals surface area contributed by atoms with E-state index in [0.717, 1.165) is 24.2 Å². The van der Waals surface area contributed by atoms with Crippen LogP contribution in [0.1, 0.15) is 11.9 Å². The Hall–Kier alpha value is -0.580. The lowest BCUT2D eigenvalue weighted by atomic mass is 10.2. The second kappa shape index (κ2) is 6.38. The molecule has 2 aromatic rings. The fourth-order valence-electron chi connectivity index (χ4n) is 1.90. The van der Waals surface area contributed by atoms with Crippen LogP contribution in [0.25, 0.3) is 10.2 Å². The summed E-state index contributed by atoms with van der Waals surface area (Å²) in [5.74, 6) is 1.14. The van der Waals surface area contributed by atoms with Crippen LogP contribution >= 0.6 is 23.1 Å². The summed E-state index contributed by atoms with van der Waals surface area (Å²) in [6.07, 6.45) is 3.19. The summed E-state index contributed by atoms with van der Waals surface area (Å²) < 4.78 is 1.29. The van der Waals surface area contributed by atoms with E-state index in [0.29, 0.717) is 6.04 Å². The van der Waals surface area contributed by atoms with Gasteiger partial charge in [-0.2, -0.15) is 11.8 Å². The number of hydrogen-bond donors (Lipinski definition) is 1. The first-order valence-electron chi connectivity index (χ1n) is 5.90. The molecule has 4 heteroatoms. The molecular formula is C13H18N2S2. The minimum atomic E-state index is 0.538. The normalized spacial score (nSPS) is 13.1. The Kier molecular flexibility index (Phi) is 4.83. The number of benzene rings is 1. The van der Waals surface area contributed by atoms with Crippen LogP contribution in [0, 0.1) is 0 Å². The number of fused-ring (bicyclic) bond motifs is 1. The Morgan fingerprint density at radius 1 is 1.41 bits per heavy atom. The van der Waals surface area contributed by atoms with Gasteiger partial charge in [-0.3, -0.25) is 0 Å². The highest BCUT2D eigenvalue weighted by Crippen LogP contribution is 2.22. The highest BCUT2D eigenvalue weighted by atomic mass is 32.2. The van der Waals surface area contributed by atoms with E-state index < -0.39 is 0 Å². The van der Waals surface area contributed by atoms with E-state index in [-0.39, 0.29) is 0 Å². The van der Waals surface area contributed by atoms with E-state index in [2.05, 4.69) is 47.7 Å². The molecule has 1 N–H and O–H groups in total. The van der Waals surface area contributed by atoms with Crippen LogP contribution in [0.15, 0.2) is 24.3 Å². The first-order valence-corrected chi connectivity index (χ1v) is 8.11. The molecule has 0 aliphatic carbocycles. The van der Waals surface area contributed by atoms with Gasteiger partial charge in [-0.25, -0.2) is 4.98 Å². The molecule has 1 atom stereocenters. The molecule has 2 rings (SSSR count). The van der Waals surface area contributed by atoms with Crippen LogP contribution in [0.5, 0.6) is 0 Å². The number of thiazole rings is 1. The second-order valence-electron chi connectivity index (χ2n) is 3.99. The fraction of sp³-hybridized carbons (Fsp3) is 0.462. The summed E-state index contributed by atoms with van der Waals surface area (Å²) in [4.78, 5) is 4.69. The maximum absolute atomic E-state index is 4.69. The minimum Gasteiger partial charge on any atom is -0.313 e. The quantitative estimate of drug-likeness (QED) is 0.869. The number of thioether (sulfide) groups is 1. The zero-order valence-electron chi connectivity index (χ0n) is 10.3. The average molecular weight is 266 g/mol. The van der Waals surface area contributed by atoms with Gasteiger partial charge in [-0.1, -0.05) is 19.1 Å². The van der Waals surface area contributed by atoms with Gasteiger partial charge in [0, 0.05) is 18.2 Å². The Balaban J connectivity index is 2.10. The lowest BCUT2D eigenvalue weighted by molar-refractivity contribution is 0.572. The Morgan fingerprint density at radius 3 is 2.94 bits per heavy atom. The summed E-state index contributed by atoms with van der Waals surface area (Å²) >= 11 is 3.71. The number of likely N-dealkylation sites (N-methyl/N-ethyl adjacent to an activating group) is 1. The van der Waals surface area contributed by atoms with Crippen molar-refractivity contribution < 1.29 is 0 Å². The smallest absolute Gasteiger partial charge is 0.0954 e. The molecule has 0 aliphatic rings. The molecule has 0 saturated heterocycles. The SMILES string of the molecule is CCNC(CSC)Cc1nc2ccccc2s1. The van der Waals surface area contributed by atoms with Gasteiger partial charge in [0.1, 0.15) is 0 Å². The van der Waals surface area contributed by atoms with Gasteiger partial charge in [0.25, 0.3) is 0 Å². The number of hydrogen-bond acceptors (Lipinski definition) is 4. The van der Waals surface area contributed by atoms with Crippen LogP contribution in [-0.2, 0) is 6.42 Å². The van der Waals surface area contributed by atoms with Gasteiger partial charge in [0.15, 0.2) is 0 Å². The van der Waals surface area contributed by atoms with E-state index in [4.69, 9.17) is 0 Å². The van der Waals surface area contributed by atoms with E-state index in [9.17, 15) is 0 Å². The highest BCUT2D eigenvalue weighted by Gasteiger charge is 2.11. The number of aromatic nitrogens is 1. The standard InChI is InChI=1S/C13H18N2S2/c1-3-14-10(9-16-2)8-13-15-11-6-4-5-7-12(11)17-13/h4-7,10,14H,3,8-9H2,1-2H3. The van der Waals surface area contributed by atoms with Gasteiger partial charge in [0.05, 0.1) is 15.2 Å². The summed E-state index contributed by atoms with van der Waals surface area (Å²) in [6, 6.07) is 8.90. The maximum Gasteiger partial charge on any atom is 0.0954 e. The van der Waals surface area contributed by atoms with Gasteiger partial charge in [-0.15, -0.1) is 11.3 Å². The third kappa shape index (κ3) is 3.44. The third-order valence-corrected chi connectivity index (χ3v) is 4.41. The largest absolute Gasteiger partial charge is 0.313 e. The number of para-hydroxylation sites is 1. The molecule has 0 saturated carbocycles. The molecule has 1 unspecified atom stereocenters.